The van der Waals surface area contributed by atoms with Crippen molar-refractivity contribution >= 4 is 0 Å². The summed E-state index contributed by atoms with van der Waals surface area (Å²) in [6.45, 7) is 0.866. The maximum Gasteiger partial charge on any atom is 0.0767 e. The largest absolute Gasteiger partial charge is 0.376 e. The van der Waals surface area contributed by atoms with Crippen LogP contribution in [-0.2, 0) is 4.74 Å². The first-order valence-electron chi connectivity index (χ1n) is 5.30. The van der Waals surface area contributed by atoms with Gasteiger partial charge in [0.15, 0.2) is 0 Å². The lowest BCUT2D eigenvalue weighted by Gasteiger charge is -2.28. The highest BCUT2D eigenvalue weighted by atomic mass is 16.5. The van der Waals surface area contributed by atoms with E-state index in [-0.39, 0.29) is 12.1 Å². The molecule has 0 bridgehead atoms. The Labute approximate surface area is 85.1 Å². The van der Waals surface area contributed by atoms with Gasteiger partial charge in [-0.1, -0.05) is 30.3 Å². The summed E-state index contributed by atoms with van der Waals surface area (Å²) in [6.07, 6.45) is 3.73. The normalized spacial score (nSPS) is 24.5. The Morgan fingerprint density at radius 3 is 2.64 bits per heavy atom. The molecule has 1 heterocycles. The first-order valence-corrected chi connectivity index (χ1v) is 5.30. The van der Waals surface area contributed by atoms with Crippen LogP contribution in [0, 0.1) is 0 Å². The summed E-state index contributed by atoms with van der Waals surface area (Å²) >= 11 is 0. The van der Waals surface area contributed by atoms with Crippen molar-refractivity contribution in [1.29, 1.82) is 0 Å². The first kappa shape index (κ1) is 9.69. The van der Waals surface area contributed by atoms with Gasteiger partial charge in [-0.05, 0) is 24.8 Å². The van der Waals surface area contributed by atoms with E-state index in [1.54, 1.807) is 0 Å². The molecule has 0 aliphatic carbocycles. The van der Waals surface area contributed by atoms with Gasteiger partial charge < -0.3 is 10.5 Å². The number of ether oxygens (including phenoxy) is 1. The number of nitrogens with two attached hydrogens (primary N) is 1. The number of rotatable bonds is 2. The third-order valence-corrected chi connectivity index (χ3v) is 2.80. The van der Waals surface area contributed by atoms with E-state index < -0.39 is 0 Å². The summed E-state index contributed by atoms with van der Waals surface area (Å²) in [5.41, 5.74) is 7.32. The molecule has 1 aliphatic heterocycles. The van der Waals surface area contributed by atoms with Crippen molar-refractivity contribution in [1.82, 2.24) is 0 Å². The van der Waals surface area contributed by atoms with Gasteiger partial charge in [-0.25, -0.2) is 0 Å². The van der Waals surface area contributed by atoms with Crippen LogP contribution in [0.5, 0.6) is 0 Å². The number of hydrogen-bond acceptors (Lipinski definition) is 2. The predicted molar refractivity (Wildman–Crippen MR) is 57.0 cm³/mol. The topological polar surface area (TPSA) is 35.2 Å². The van der Waals surface area contributed by atoms with E-state index in [2.05, 4.69) is 12.1 Å². The third-order valence-electron chi connectivity index (χ3n) is 2.80. The standard InChI is InChI=1S/C12H17NO/c13-12(10-6-2-1-3-7-10)11-8-4-5-9-14-11/h1-3,6-7,11-12H,4-5,8-9,13H2/t11-,12-/m0/s1. The lowest BCUT2D eigenvalue weighted by atomic mass is 9.97. The molecule has 1 aromatic carbocycles. The zero-order valence-corrected chi connectivity index (χ0v) is 8.36. The zero-order chi connectivity index (χ0) is 9.80. The Bertz CT molecular complexity index is 267. The molecule has 0 spiro atoms. The molecule has 0 saturated carbocycles. The fraction of sp³-hybridized carbons (Fsp3) is 0.500. The van der Waals surface area contributed by atoms with Crippen molar-refractivity contribution in [3.05, 3.63) is 35.9 Å². The zero-order valence-electron chi connectivity index (χ0n) is 8.36. The van der Waals surface area contributed by atoms with E-state index in [1.165, 1.54) is 18.4 Å². The fourth-order valence-electron chi connectivity index (χ4n) is 1.94. The van der Waals surface area contributed by atoms with Crippen LogP contribution < -0.4 is 5.73 Å². The highest BCUT2D eigenvalue weighted by Crippen LogP contribution is 2.23. The van der Waals surface area contributed by atoms with Crippen molar-refractivity contribution in [3.63, 3.8) is 0 Å². The Morgan fingerprint density at radius 2 is 2.00 bits per heavy atom. The molecule has 2 rings (SSSR count). The van der Waals surface area contributed by atoms with Crippen LogP contribution in [0.25, 0.3) is 0 Å². The molecule has 1 aromatic rings. The smallest absolute Gasteiger partial charge is 0.0767 e. The van der Waals surface area contributed by atoms with Crippen molar-refractivity contribution < 1.29 is 4.74 Å². The summed E-state index contributed by atoms with van der Waals surface area (Å²) in [4.78, 5) is 0. The van der Waals surface area contributed by atoms with Crippen LogP contribution in [0.2, 0.25) is 0 Å². The van der Waals surface area contributed by atoms with Gasteiger partial charge in [-0.2, -0.15) is 0 Å². The molecule has 2 heteroatoms. The number of hydrogen-bond donors (Lipinski definition) is 1. The van der Waals surface area contributed by atoms with Crippen molar-refractivity contribution in [2.24, 2.45) is 5.73 Å². The Morgan fingerprint density at radius 1 is 1.21 bits per heavy atom. The molecular formula is C12H17NO. The van der Waals surface area contributed by atoms with Crippen LogP contribution in [0.1, 0.15) is 30.9 Å². The Balaban J connectivity index is 2.03. The van der Waals surface area contributed by atoms with Gasteiger partial charge in [-0.15, -0.1) is 0 Å². The second-order valence-electron chi connectivity index (χ2n) is 3.84. The van der Waals surface area contributed by atoms with Crippen molar-refractivity contribution in [2.75, 3.05) is 6.61 Å². The van der Waals surface area contributed by atoms with E-state index >= 15 is 0 Å². The minimum atomic E-state index is 0.0384. The van der Waals surface area contributed by atoms with Crippen LogP contribution in [0.3, 0.4) is 0 Å². The Kier molecular flexibility index (Phi) is 3.17. The van der Waals surface area contributed by atoms with E-state index in [4.69, 9.17) is 10.5 Å². The van der Waals surface area contributed by atoms with Gasteiger partial charge in [0.2, 0.25) is 0 Å². The molecule has 1 saturated heterocycles. The lowest BCUT2D eigenvalue weighted by molar-refractivity contribution is 0.0000142. The van der Waals surface area contributed by atoms with Gasteiger partial charge in [0.25, 0.3) is 0 Å². The third kappa shape index (κ3) is 2.14. The van der Waals surface area contributed by atoms with Gasteiger partial charge in [0.05, 0.1) is 12.1 Å². The van der Waals surface area contributed by atoms with E-state index in [0.29, 0.717) is 0 Å². The van der Waals surface area contributed by atoms with Crippen molar-refractivity contribution in [2.45, 2.75) is 31.4 Å². The number of benzene rings is 1. The summed E-state index contributed by atoms with van der Waals surface area (Å²) in [5.74, 6) is 0. The molecule has 0 radical (unpaired) electrons. The second kappa shape index (κ2) is 4.58. The van der Waals surface area contributed by atoms with E-state index in [9.17, 15) is 0 Å². The maximum atomic E-state index is 6.14. The highest BCUT2D eigenvalue weighted by molar-refractivity contribution is 5.19. The first-order chi connectivity index (χ1) is 6.88. The van der Waals surface area contributed by atoms with E-state index in [0.717, 1.165) is 13.0 Å². The second-order valence-corrected chi connectivity index (χ2v) is 3.84. The average molecular weight is 191 g/mol. The quantitative estimate of drug-likeness (QED) is 0.778. The molecule has 0 aromatic heterocycles. The Hall–Kier alpha value is -0.860. The highest BCUT2D eigenvalue weighted by Gasteiger charge is 2.22. The average Bonchev–Trinajstić information content (AvgIpc) is 2.30. The predicted octanol–water partition coefficient (Wildman–Crippen LogP) is 2.26. The monoisotopic (exact) mass is 191 g/mol. The molecule has 2 atom stereocenters. The molecule has 2 N–H and O–H groups in total. The molecule has 1 aliphatic rings. The fourth-order valence-corrected chi connectivity index (χ4v) is 1.94. The molecule has 0 unspecified atom stereocenters. The summed E-state index contributed by atoms with van der Waals surface area (Å²) < 4.78 is 5.67. The van der Waals surface area contributed by atoms with Crippen molar-refractivity contribution in [3.8, 4) is 0 Å². The molecule has 1 fully saturated rings. The molecule has 14 heavy (non-hydrogen) atoms. The van der Waals surface area contributed by atoms with Crippen LogP contribution in [0.4, 0.5) is 0 Å². The minimum absolute atomic E-state index is 0.0384. The van der Waals surface area contributed by atoms with E-state index in [1.807, 2.05) is 18.2 Å². The van der Waals surface area contributed by atoms with Gasteiger partial charge >= 0.3 is 0 Å². The lowest BCUT2D eigenvalue weighted by Crippen LogP contribution is -2.31. The summed E-state index contributed by atoms with van der Waals surface area (Å²) in [5, 5.41) is 0. The maximum absolute atomic E-state index is 6.14. The van der Waals surface area contributed by atoms with Gasteiger partial charge in [-0.3, -0.25) is 0 Å². The van der Waals surface area contributed by atoms with Gasteiger partial charge in [0, 0.05) is 6.61 Å². The SMILES string of the molecule is N[C@@H](c1ccccc1)[C@@H]1CCCCO1. The van der Waals surface area contributed by atoms with Crippen LogP contribution in [0.15, 0.2) is 30.3 Å². The minimum Gasteiger partial charge on any atom is -0.376 e. The van der Waals surface area contributed by atoms with Crippen LogP contribution >= 0.6 is 0 Å². The molecule has 76 valence electrons. The molecular weight excluding hydrogens is 174 g/mol. The molecule has 2 nitrogen and oxygen atoms in total. The summed E-state index contributed by atoms with van der Waals surface area (Å²) in [7, 11) is 0. The molecule has 0 amide bonds. The van der Waals surface area contributed by atoms with Gasteiger partial charge in [0.1, 0.15) is 0 Å². The summed E-state index contributed by atoms with van der Waals surface area (Å²) in [6, 6.07) is 10.2. The van der Waals surface area contributed by atoms with Crippen LogP contribution in [-0.4, -0.2) is 12.7 Å².